The van der Waals surface area contributed by atoms with Crippen LogP contribution in [-0.2, 0) is 0 Å². The predicted molar refractivity (Wildman–Crippen MR) is 27.0 cm³/mol. The largest absolute Gasteiger partial charge is 0.503 e. The van der Waals surface area contributed by atoms with Crippen LogP contribution in [0.3, 0.4) is 0 Å². The molecule has 6 nitrogen and oxygen atoms in total. The van der Waals surface area contributed by atoms with E-state index in [1.54, 1.807) is 0 Å². The molecule has 50 valence electrons. The molecule has 0 bridgehead atoms. The van der Waals surface area contributed by atoms with Crippen molar-refractivity contribution in [2.45, 2.75) is 6.29 Å². The van der Waals surface area contributed by atoms with Crippen molar-refractivity contribution in [2.75, 3.05) is 0 Å². The van der Waals surface area contributed by atoms with Gasteiger partial charge in [0, 0.05) is 0 Å². The summed E-state index contributed by atoms with van der Waals surface area (Å²) in [6, 6.07) is 0. The van der Waals surface area contributed by atoms with Gasteiger partial charge in [-0.3, -0.25) is 0 Å². The van der Waals surface area contributed by atoms with E-state index >= 15 is 0 Å². The Labute approximate surface area is 45.9 Å². The van der Waals surface area contributed by atoms with Gasteiger partial charge in [0.15, 0.2) is 0 Å². The minimum absolute atomic E-state index is 0.667. The summed E-state index contributed by atoms with van der Waals surface area (Å²) in [6.45, 7) is 0. The van der Waals surface area contributed by atoms with Crippen LogP contribution >= 0.6 is 0 Å². The van der Waals surface area contributed by atoms with Gasteiger partial charge >= 0.3 is 6.16 Å². The lowest BCUT2D eigenvalue weighted by atomic mass is 11.0. The molecule has 8 N–H and O–H groups in total. The monoisotopic (exact) mass is 123 g/mol. The summed E-state index contributed by atoms with van der Waals surface area (Å²) in [5, 5.41) is 13.9. The van der Waals surface area contributed by atoms with E-state index in [1.165, 1.54) is 0 Å². The molecule has 8 heavy (non-hydrogen) atoms. The van der Waals surface area contributed by atoms with Crippen molar-refractivity contribution < 1.29 is 15.0 Å². The quantitative estimate of drug-likeness (QED) is 0.245. The molecule has 0 atom stereocenters. The van der Waals surface area contributed by atoms with Gasteiger partial charge in [-0.1, -0.05) is 0 Å². The second kappa shape index (κ2) is 6.15. The van der Waals surface area contributed by atoms with Gasteiger partial charge in [-0.25, -0.2) is 4.79 Å². The molecule has 0 unspecified atom stereocenters. The third-order valence-electron chi connectivity index (χ3n) is 0. The van der Waals surface area contributed by atoms with Crippen LogP contribution in [0.4, 0.5) is 4.79 Å². The summed E-state index contributed by atoms with van der Waals surface area (Å²) in [5.41, 5.74) is 14.0. The molecule has 6 heteroatoms. The Morgan fingerprint density at radius 2 is 1.25 bits per heavy atom. The lowest BCUT2D eigenvalue weighted by molar-refractivity contribution is 0.137. The van der Waals surface area contributed by atoms with Crippen molar-refractivity contribution in [1.29, 1.82) is 0 Å². The Kier molecular flexibility index (Phi) is 7.84. The summed E-state index contributed by atoms with van der Waals surface area (Å²) in [6.07, 6.45) is -2.50. The average molecular weight is 123 g/mol. The lowest BCUT2D eigenvalue weighted by Gasteiger charge is -1.84. The molecule has 0 aliphatic carbocycles. The molecule has 0 aromatic rings. The molecule has 0 saturated carbocycles. The summed E-state index contributed by atoms with van der Waals surface area (Å²) in [5.74, 6) is 0. The van der Waals surface area contributed by atoms with Crippen LogP contribution in [0.25, 0.3) is 0 Å². The molecule has 0 aliphatic heterocycles. The molecule has 0 fully saturated rings. The summed E-state index contributed by atoms with van der Waals surface area (Å²) >= 11 is 0. The number of rotatable bonds is 0. The first kappa shape index (κ1) is 10.2. The van der Waals surface area contributed by atoms with Gasteiger partial charge in [0.2, 0.25) is 0 Å². The van der Waals surface area contributed by atoms with E-state index in [4.69, 9.17) is 15.0 Å². The zero-order valence-electron chi connectivity index (χ0n) is 4.11. The van der Waals surface area contributed by atoms with Gasteiger partial charge in [-0.05, 0) is 0 Å². The van der Waals surface area contributed by atoms with Crippen molar-refractivity contribution in [1.82, 2.24) is 0 Å². The molecule has 0 spiro atoms. The highest BCUT2D eigenvalue weighted by Crippen LogP contribution is 1.42. The summed E-state index contributed by atoms with van der Waals surface area (Å²) in [4.78, 5) is 8.56. The van der Waals surface area contributed by atoms with Crippen LogP contribution < -0.4 is 17.2 Å². The predicted octanol–water partition coefficient (Wildman–Crippen LogP) is -1.63. The van der Waals surface area contributed by atoms with Crippen molar-refractivity contribution in [3.05, 3.63) is 0 Å². The standard InChI is InChI=1S/CH7N3.CH2O3/c2*2-1(3)4/h1H,2-4H2;(H2,2,3,4). The van der Waals surface area contributed by atoms with Crippen molar-refractivity contribution in [3.63, 3.8) is 0 Å². The van der Waals surface area contributed by atoms with Crippen LogP contribution in [0.2, 0.25) is 0 Å². The second-order valence-electron chi connectivity index (χ2n) is 0.860. The molecule has 0 amide bonds. The number of nitrogens with two attached hydrogens (primary N) is 3. The van der Waals surface area contributed by atoms with E-state index in [2.05, 4.69) is 17.2 Å². The highest BCUT2D eigenvalue weighted by atomic mass is 16.6. The van der Waals surface area contributed by atoms with Gasteiger partial charge in [0.1, 0.15) is 6.29 Å². The summed E-state index contributed by atoms with van der Waals surface area (Å²) < 4.78 is 0. The molecule has 0 radical (unpaired) electrons. The SMILES string of the molecule is NC(N)N.O=C(O)O. The Balaban J connectivity index is 0. The smallest absolute Gasteiger partial charge is 0.450 e. The molecule has 0 rings (SSSR count). The third kappa shape index (κ3) is 123. The topological polar surface area (TPSA) is 136 Å². The zero-order chi connectivity index (χ0) is 7.15. The Morgan fingerprint density at radius 3 is 1.25 bits per heavy atom. The van der Waals surface area contributed by atoms with Crippen molar-refractivity contribution in [3.8, 4) is 0 Å². The molecule has 0 aromatic heterocycles. The van der Waals surface area contributed by atoms with Crippen molar-refractivity contribution in [2.24, 2.45) is 17.2 Å². The molecule has 0 aromatic carbocycles. The number of carboxylic acid groups (broad SMARTS) is 2. The van der Waals surface area contributed by atoms with Crippen LogP contribution in [0.5, 0.6) is 0 Å². The Bertz CT molecular complexity index is 56.8. The van der Waals surface area contributed by atoms with Gasteiger partial charge in [0.05, 0.1) is 0 Å². The maximum Gasteiger partial charge on any atom is 0.503 e. The van der Waals surface area contributed by atoms with Gasteiger partial charge in [-0.15, -0.1) is 0 Å². The van der Waals surface area contributed by atoms with Crippen molar-refractivity contribution >= 4 is 6.16 Å². The minimum atomic E-state index is -1.83. The van der Waals surface area contributed by atoms with Gasteiger partial charge < -0.3 is 27.4 Å². The van der Waals surface area contributed by atoms with E-state index in [0.717, 1.165) is 0 Å². The first-order valence-corrected chi connectivity index (χ1v) is 1.65. The van der Waals surface area contributed by atoms with E-state index in [9.17, 15) is 0 Å². The fraction of sp³-hybridized carbons (Fsp3) is 0.500. The van der Waals surface area contributed by atoms with E-state index in [1.807, 2.05) is 0 Å². The maximum absolute atomic E-state index is 8.56. The van der Waals surface area contributed by atoms with E-state index in [-0.39, 0.29) is 0 Å². The molecular weight excluding hydrogens is 114 g/mol. The normalized spacial score (nSPS) is 7.50. The molecule has 0 saturated heterocycles. The average Bonchev–Trinajstić information content (AvgIpc) is 1.25. The summed E-state index contributed by atoms with van der Waals surface area (Å²) in [7, 11) is 0. The molecule has 0 heterocycles. The van der Waals surface area contributed by atoms with Gasteiger partial charge in [0.25, 0.3) is 0 Å². The number of hydrogen-bond acceptors (Lipinski definition) is 4. The van der Waals surface area contributed by atoms with Gasteiger partial charge in [-0.2, -0.15) is 0 Å². The Hall–Kier alpha value is -0.850. The zero-order valence-corrected chi connectivity index (χ0v) is 4.11. The Morgan fingerprint density at radius 1 is 1.25 bits per heavy atom. The van der Waals surface area contributed by atoms with Crippen LogP contribution in [0.1, 0.15) is 0 Å². The van der Waals surface area contributed by atoms with Crippen LogP contribution in [0, 0.1) is 0 Å². The highest BCUT2D eigenvalue weighted by Gasteiger charge is 1.70. The minimum Gasteiger partial charge on any atom is -0.450 e. The van der Waals surface area contributed by atoms with Crippen LogP contribution in [-0.4, -0.2) is 22.7 Å². The van der Waals surface area contributed by atoms with E-state index < -0.39 is 12.4 Å². The molecule has 0 aliphatic rings. The fourth-order valence-electron chi connectivity index (χ4n) is 0. The third-order valence-corrected chi connectivity index (χ3v) is 0. The van der Waals surface area contributed by atoms with Crippen LogP contribution in [0.15, 0.2) is 0 Å². The first-order valence-electron chi connectivity index (χ1n) is 1.65. The molecular formula is C2H9N3O3. The fourth-order valence-corrected chi connectivity index (χ4v) is 0. The number of carbonyl (C=O) groups is 1. The number of hydrogen-bond donors (Lipinski definition) is 5. The first-order chi connectivity index (χ1) is 3.46. The second-order valence-corrected chi connectivity index (χ2v) is 0.860. The maximum atomic E-state index is 8.56. The highest BCUT2D eigenvalue weighted by molar-refractivity contribution is 5.53. The lowest BCUT2D eigenvalue weighted by Crippen LogP contribution is -2.39. The van der Waals surface area contributed by atoms with E-state index in [0.29, 0.717) is 0 Å².